The maximum absolute atomic E-state index is 13.7. The summed E-state index contributed by atoms with van der Waals surface area (Å²) in [6.07, 6.45) is 12.0. The number of halogens is 2. The second-order valence-electron chi connectivity index (χ2n) is 8.03. The number of aryl methyl sites for hydroxylation is 1. The summed E-state index contributed by atoms with van der Waals surface area (Å²) in [5, 5.41) is 4.16. The lowest BCUT2D eigenvalue weighted by molar-refractivity contribution is -0.00630. The summed E-state index contributed by atoms with van der Waals surface area (Å²) in [4.78, 5) is 12.6. The van der Waals surface area contributed by atoms with Crippen LogP contribution in [0.5, 0.6) is 0 Å². The topological polar surface area (TPSA) is 29.1 Å². The molecule has 162 valence electrons. The van der Waals surface area contributed by atoms with Crippen LogP contribution in [0.25, 0.3) is 11.8 Å². The predicted octanol–water partition coefficient (Wildman–Crippen LogP) is 5.06. The van der Waals surface area contributed by atoms with Crippen LogP contribution in [0.1, 0.15) is 68.8 Å². The molecule has 0 radical (unpaired) electrons. The monoisotopic (exact) mass is 413 g/mol. The van der Waals surface area contributed by atoms with Crippen LogP contribution in [-0.4, -0.2) is 18.4 Å². The number of carbonyl (C=O) groups is 1. The second kappa shape index (κ2) is 11.1. The number of alkyl halides is 2. The lowest BCUT2D eigenvalue weighted by atomic mass is 9.79. The van der Waals surface area contributed by atoms with Crippen LogP contribution in [0, 0.1) is 5.92 Å². The predicted molar refractivity (Wildman–Crippen MR) is 121 cm³/mol. The van der Waals surface area contributed by atoms with Gasteiger partial charge in [0, 0.05) is 17.2 Å². The Morgan fingerprint density at radius 2 is 2.07 bits per heavy atom. The van der Waals surface area contributed by atoms with E-state index in [1.165, 1.54) is 5.57 Å². The van der Waals surface area contributed by atoms with E-state index in [-0.39, 0.29) is 6.42 Å². The minimum absolute atomic E-state index is 0.233. The van der Waals surface area contributed by atoms with Gasteiger partial charge in [0.1, 0.15) is 0 Å². The van der Waals surface area contributed by atoms with E-state index in [1.807, 2.05) is 38.1 Å². The summed E-state index contributed by atoms with van der Waals surface area (Å²) in [7, 11) is 0. The van der Waals surface area contributed by atoms with E-state index in [4.69, 9.17) is 0 Å². The lowest BCUT2D eigenvalue weighted by Gasteiger charge is -2.26. The van der Waals surface area contributed by atoms with Gasteiger partial charge in [-0.25, -0.2) is 8.78 Å². The highest BCUT2D eigenvalue weighted by atomic mass is 19.3. The molecule has 0 spiro atoms. The molecule has 1 aliphatic carbocycles. The van der Waals surface area contributed by atoms with Crippen molar-refractivity contribution < 1.29 is 13.6 Å². The Morgan fingerprint density at radius 1 is 1.33 bits per heavy atom. The molecule has 30 heavy (non-hydrogen) atoms. The van der Waals surface area contributed by atoms with Gasteiger partial charge in [0.05, 0.1) is 6.54 Å². The molecule has 1 amide bonds. The summed E-state index contributed by atoms with van der Waals surface area (Å²) in [5.41, 5.74) is 5.89. The lowest BCUT2D eigenvalue weighted by Crippen LogP contribution is -2.38. The van der Waals surface area contributed by atoms with E-state index < -0.39 is 18.4 Å². The Hall–Kier alpha value is -2.45. The van der Waals surface area contributed by atoms with Crippen LogP contribution in [0.15, 0.2) is 42.5 Å². The van der Waals surface area contributed by atoms with Crippen molar-refractivity contribution in [2.75, 3.05) is 6.54 Å². The largest absolute Gasteiger partial charge is 0.346 e. The number of carbonyl (C=O) groups excluding carboxylic acids is 1. The highest BCUT2D eigenvalue weighted by molar-refractivity contribution is 5.95. The average Bonchev–Trinajstić information content (AvgIpc) is 2.69. The molecule has 0 heterocycles. The van der Waals surface area contributed by atoms with E-state index in [1.54, 1.807) is 13.0 Å². The first-order valence-corrected chi connectivity index (χ1v) is 10.8. The highest BCUT2D eigenvalue weighted by Gasteiger charge is 2.28. The number of hydrogen-bond donors (Lipinski definition) is 1. The van der Waals surface area contributed by atoms with Crippen molar-refractivity contribution in [1.29, 1.82) is 0 Å². The Bertz CT molecular complexity index is 944. The van der Waals surface area contributed by atoms with Gasteiger partial charge in [-0.05, 0) is 67.5 Å². The van der Waals surface area contributed by atoms with Crippen LogP contribution in [0.3, 0.4) is 0 Å². The third kappa shape index (κ3) is 6.81. The molecular formula is C26H33F2NO. The van der Waals surface area contributed by atoms with Gasteiger partial charge in [0.15, 0.2) is 0 Å². The summed E-state index contributed by atoms with van der Waals surface area (Å²) in [6.45, 7) is 8.88. The molecule has 0 unspecified atom stereocenters. The molecule has 2 rings (SSSR count). The fraction of sp³-hybridized carbons (Fsp3) is 0.462. The Labute approximate surface area is 178 Å². The van der Waals surface area contributed by atoms with E-state index in [0.717, 1.165) is 41.2 Å². The van der Waals surface area contributed by atoms with Crippen LogP contribution < -0.4 is 15.8 Å². The molecule has 2 nitrogen and oxygen atoms in total. The van der Waals surface area contributed by atoms with Gasteiger partial charge in [0.2, 0.25) is 0 Å². The van der Waals surface area contributed by atoms with Crippen molar-refractivity contribution in [3.8, 4) is 0 Å². The Balaban J connectivity index is 2.20. The number of allylic oxidation sites excluding steroid dienone is 4. The van der Waals surface area contributed by atoms with Crippen molar-refractivity contribution >= 4 is 17.7 Å². The zero-order chi connectivity index (χ0) is 22.1. The molecular weight excluding hydrogens is 380 g/mol. The quantitative estimate of drug-likeness (QED) is 0.445. The van der Waals surface area contributed by atoms with Crippen molar-refractivity contribution in [1.82, 2.24) is 5.32 Å². The first-order chi connectivity index (χ1) is 14.3. The standard InChI is InChI=1S/C26H33F2NO/c1-5-13-26(27,28)18-29-25(30)24-17-21(6-2)23(16-22(24)7-3)12-10-8-9-11-20-14-19(4)15-20/h6,8-10,16-17,20H,4-5,7,11,13-15,18H2,1-3H3,(H,29,30). The van der Waals surface area contributed by atoms with Gasteiger partial charge in [-0.3, -0.25) is 4.79 Å². The second-order valence-corrected chi connectivity index (χ2v) is 8.03. The summed E-state index contributed by atoms with van der Waals surface area (Å²) in [5.74, 6) is -2.62. The maximum Gasteiger partial charge on any atom is 0.265 e. The molecule has 1 aromatic carbocycles. The van der Waals surface area contributed by atoms with Crippen molar-refractivity contribution in [3.63, 3.8) is 0 Å². The molecule has 1 aromatic rings. The Morgan fingerprint density at radius 3 is 2.67 bits per heavy atom. The minimum atomic E-state index is -2.88. The number of amides is 1. The van der Waals surface area contributed by atoms with Gasteiger partial charge in [-0.2, -0.15) is 0 Å². The third-order valence-electron chi connectivity index (χ3n) is 5.43. The van der Waals surface area contributed by atoms with Gasteiger partial charge in [-0.15, -0.1) is 5.73 Å². The smallest absolute Gasteiger partial charge is 0.265 e. The molecule has 4 heteroatoms. The average molecular weight is 414 g/mol. The first-order valence-electron chi connectivity index (χ1n) is 10.8. The zero-order valence-electron chi connectivity index (χ0n) is 18.4. The number of nitrogens with one attached hydrogen (secondary N) is 1. The van der Waals surface area contributed by atoms with Gasteiger partial charge in [0.25, 0.3) is 11.8 Å². The molecule has 1 N–H and O–H groups in total. The molecule has 1 fully saturated rings. The molecule has 1 aliphatic rings. The van der Waals surface area contributed by atoms with Gasteiger partial charge < -0.3 is 5.32 Å². The first kappa shape index (κ1) is 23.8. The highest BCUT2D eigenvalue weighted by Crippen LogP contribution is 2.33. The minimum Gasteiger partial charge on any atom is -0.346 e. The number of hydrogen-bond acceptors (Lipinski definition) is 1. The maximum atomic E-state index is 13.7. The zero-order valence-corrected chi connectivity index (χ0v) is 18.4. The number of benzene rings is 1. The van der Waals surface area contributed by atoms with Crippen LogP contribution >= 0.6 is 0 Å². The van der Waals surface area contributed by atoms with Crippen LogP contribution in [0.4, 0.5) is 8.78 Å². The molecule has 0 atom stereocenters. The fourth-order valence-electron chi connectivity index (χ4n) is 3.69. The van der Waals surface area contributed by atoms with E-state index in [2.05, 4.69) is 23.7 Å². The summed E-state index contributed by atoms with van der Waals surface area (Å²) in [6, 6.07) is 3.70. The van der Waals surface area contributed by atoms with Crippen LogP contribution in [0.2, 0.25) is 0 Å². The SMILES string of the molecule is C=C1CC(CC=CC=C=c2cc(CC)c(C(=O)NCC(F)(F)CCC)cc2=CC)C1. The van der Waals surface area contributed by atoms with Crippen LogP contribution in [-0.2, 0) is 6.42 Å². The molecule has 0 bridgehead atoms. The van der Waals surface area contributed by atoms with Gasteiger partial charge >= 0.3 is 0 Å². The third-order valence-corrected chi connectivity index (χ3v) is 5.43. The molecule has 0 saturated heterocycles. The van der Waals surface area contributed by atoms with E-state index in [9.17, 15) is 13.6 Å². The molecule has 0 aliphatic heterocycles. The normalized spacial score (nSPS) is 15.2. The summed E-state index contributed by atoms with van der Waals surface area (Å²) >= 11 is 0. The van der Waals surface area contributed by atoms with E-state index in [0.29, 0.717) is 18.4 Å². The van der Waals surface area contributed by atoms with Crippen molar-refractivity contribution in [2.24, 2.45) is 5.92 Å². The van der Waals surface area contributed by atoms with E-state index >= 15 is 0 Å². The molecule has 1 saturated carbocycles. The van der Waals surface area contributed by atoms with Gasteiger partial charge in [-0.1, -0.05) is 50.6 Å². The molecule has 0 aromatic heterocycles. The number of rotatable bonds is 9. The van der Waals surface area contributed by atoms with Crippen molar-refractivity contribution in [2.45, 2.75) is 65.2 Å². The summed E-state index contributed by atoms with van der Waals surface area (Å²) < 4.78 is 27.5. The van der Waals surface area contributed by atoms with Crippen molar-refractivity contribution in [3.05, 3.63) is 64.1 Å². The fourth-order valence-corrected chi connectivity index (χ4v) is 3.69. The Kier molecular flexibility index (Phi) is 8.80.